The van der Waals surface area contributed by atoms with Gasteiger partial charge in [0.1, 0.15) is 16.2 Å². The standard InChI is InChI=1S/C8H5ClF2N2O3S/c9-17(14,15)6-2-4(16-8(10)11)1-5-7(6)13-3-12-5/h1-3,8H,(H,12,13). The number of aromatic amines is 1. The number of nitrogens with zero attached hydrogens (tertiary/aromatic N) is 1. The van der Waals surface area contributed by atoms with E-state index in [1.54, 1.807) is 0 Å². The largest absolute Gasteiger partial charge is 0.435 e. The van der Waals surface area contributed by atoms with Crippen molar-refractivity contribution in [2.75, 3.05) is 0 Å². The Morgan fingerprint density at radius 1 is 1.41 bits per heavy atom. The molecule has 0 aliphatic carbocycles. The van der Waals surface area contributed by atoms with Gasteiger partial charge in [0.05, 0.1) is 11.8 Å². The molecule has 0 spiro atoms. The minimum atomic E-state index is -4.09. The number of benzene rings is 1. The summed E-state index contributed by atoms with van der Waals surface area (Å²) in [5, 5.41) is 0. The Balaban J connectivity index is 2.67. The van der Waals surface area contributed by atoms with Crippen molar-refractivity contribution < 1.29 is 21.9 Å². The normalized spacial score (nSPS) is 12.2. The fraction of sp³-hybridized carbons (Fsp3) is 0.125. The van der Waals surface area contributed by atoms with E-state index in [1.807, 2.05) is 0 Å². The highest BCUT2D eigenvalue weighted by molar-refractivity contribution is 8.14. The summed E-state index contributed by atoms with van der Waals surface area (Å²) in [5.41, 5.74) is 0.309. The molecule has 2 aromatic rings. The Hall–Kier alpha value is -1.41. The lowest BCUT2D eigenvalue weighted by molar-refractivity contribution is -0.0498. The van der Waals surface area contributed by atoms with Crippen molar-refractivity contribution in [1.29, 1.82) is 0 Å². The molecule has 1 heterocycles. The predicted octanol–water partition coefficient (Wildman–Crippen LogP) is 2.09. The van der Waals surface area contributed by atoms with Crippen LogP contribution in [0, 0.1) is 0 Å². The summed E-state index contributed by atoms with van der Waals surface area (Å²) in [7, 11) is 1.09. The van der Waals surface area contributed by atoms with E-state index in [1.165, 1.54) is 12.4 Å². The minimum absolute atomic E-state index is 0.0709. The molecular formula is C8H5ClF2N2O3S. The smallest absolute Gasteiger partial charge is 0.387 e. The number of hydrogen-bond acceptors (Lipinski definition) is 4. The lowest BCUT2D eigenvalue weighted by Gasteiger charge is -2.06. The van der Waals surface area contributed by atoms with Crippen molar-refractivity contribution in [3.63, 3.8) is 0 Å². The van der Waals surface area contributed by atoms with Gasteiger partial charge in [-0.2, -0.15) is 8.78 Å². The maximum absolute atomic E-state index is 12.0. The van der Waals surface area contributed by atoms with E-state index in [9.17, 15) is 17.2 Å². The quantitative estimate of drug-likeness (QED) is 0.875. The topological polar surface area (TPSA) is 72.1 Å². The summed E-state index contributed by atoms with van der Waals surface area (Å²) < 4.78 is 50.7. The van der Waals surface area contributed by atoms with E-state index in [0.717, 1.165) is 6.07 Å². The van der Waals surface area contributed by atoms with Crippen molar-refractivity contribution in [3.8, 4) is 5.75 Å². The van der Waals surface area contributed by atoms with Crippen LogP contribution >= 0.6 is 10.7 Å². The number of nitrogens with one attached hydrogen (secondary N) is 1. The van der Waals surface area contributed by atoms with Crippen LogP contribution in [0.4, 0.5) is 8.78 Å². The van der Waals surface area contributed by atoms with E-state index < -0.39 is 15.7 Å². The number of aromatic nitrogens is 2. The maximum atomic E-state index is 12.0. The zero-order valence-electron chi connectivity index (χ0n) is 8.02. The lowest BCUT2D eigenvalue weighted by atomic mass is 10.3. The van der Waals surface area contributed by atoms with Gasteiger partial charge in [-0.3, -0.25) is 0 Å². The summed E-state index contributed by atoms with van der Waals surface area (Å²) in [6.45, 7) is -3.05. The van der Waals surface area contributed by atoms with Crippen LogP contribution in [0.2, 0.25) is 0 Å². The van der Waals surface area contributed by atoms with Crippen LogP contribution in [-0.2, 0) is 9.05 Å². The van der Waals surface area contributed by atoms with Crippen LogP contribution in [0.15, 0.2) is 23.4 Å². The molecule has 0 fully saturated rings. The monoisotopic (exact) mass is 282 g/mol. The zero-order chi connectivity index (χ0) is 12.6. The Labute approximate surface area is 98.8 Å². The molecule has 0 radical (unpaired) electrons. The fourth-order valence-corrected chi connectivity index (χ4v) is 2.35. The Morgan fingerprint density at radius 3 is 2.71 bits per heavy atom. The third-order valence-corrected chi connectivity index (χ3v) is 3.29. The van der Waals surface area contributed by atoms with E-state index in [2.05, 4.69) is 14.7 Å². The SMILES string of the molecule is O=S(=O)(Cl)c1cc(OC(F)F)cc2[nH]cnc12. The van der Waals surface area contributed by atoms with Crippen molar-refractivity contribution in [2.24, 2.45) is 0 Å². The van der Waals surface area contributed by atoms with Gasteiger partial charge in [0.15, 0.2) is 0 Å². The second-order valence-electron chi connectivity index (χ2n) is 3.04. The van der Waals surface area contributed by atoms with Crippen molar-refractivity contribution in [1.82, 2.24) is 9.97 Å². The third-order valence-electron chi connectivity index (χ3n) is 1.95. The highest BCUT2D eigenvalue weighted by Crippen LogP contribution is 2.29. The first-order chi connectivity index (χ1) is 7.88. The molecule has 0 aliphatic heterocycles. The molecule has 0 amide bonds. The molecule has 0 atom stereocenters. The Morgan fingerprint density at radius 2 is 2.12 bits per heavy atom. The van der Waals surface area contributed by atoms with E-state index in [0.29, 0.717) is 0 Å². The first kappa shape index (κ1) is 12.1. The Kier molecular flexibility index (Phi) is 2.92. The highest BCUT2D eigenvalue weighted by atomic mass is 35.7. The zero-order valence-corrected chi connectivity index (χ0v) is 9.60. The van der Waals surface area contributed by atoms with Crippen molar-refractivity contribution >= 4 is 30.8 Å². The number of fused-ring (bicyclic) bond motifs is 1. The number of H-pyrrole nitrogens is 1. The van der Waals surface area contributed by atoms with Gasteiger partial charge in [0.2, 0.25) is 0 Å². The Bertz CT molecular complexity index is 656. The fourth-order valence-electron chi connectivity index (χ4n) is 1.35. The summed E-state index contributed by atoms with van der Waals surface area (Å²) in [6.07, 6.45) is 1.22. The van der Waals surface area contributed by atoms with Gasteiger partial charge in [-0.05, 0) is 0 Å². The van der Waals surface area contributed by atoms with Crippen LogP contribution in [-0.4, -0.2) is 25.0 Å². The number of hydrogen-bond donors (Lipinski definition) is 1. The number of alkyl halides is 2. The molecule has 17 heavy (non-hydrogen) atoms. The van der Waals surface area contributed by atoms with Crippen molar-refractivity contribution in [3.05, 3.63) is 18.5 Å². The van der Waals surface area contributed by atoms with Gasteiger partial charge in [-0.1, -0.05) is 0 Å². The molecule has 1 aromatic carbocycles. The molecule has 5 nitrogen and oxygen atoms in total. The van der Waals surface area contributed by atoms with Crippen LogP contribution in [0.25, 0.3) is 11.0 Å². The van der Waals surface area contributed by atoms with Gasteiger partial charge in [0.25, 0.3) is 9.05 Å². The van der Waals surface area contributed by atoms with Gasteiger partial charge < -0.3 is 9.72 Å². The number of ether oxygens (including phenoxy) is 1. The van der Waals surface area contributed by atoms with Gasteiger partial charge >= 0.3 is 6.61 Å². The average molecular weight is 283 g/mol. The average Bonchev–Trinajstić information content (AvgIpc) is 2.61. The second-order valence-corrected chi connectivity index (χ2v) is 5.57. The molecule has 92 valence electrons. The van der Waals surface area contributed by atoms with Crippen LogP contribution in [0.5, 0.6) is 5.75 Å². The number of halogens is 3. The summed E-state index contributed by atoms with van der Waals surface area (Å²) in [6, 6.07) is 2.11. The molecule has 0 aliphatic rings. The molecule has 1 aromatic heterocycles. The first-order valence-electron chi connectivity index (χ1n) is 4.24. The third kappa shape index (κ3) is 2.47. The first-order valence-corrected chi connectivity index (χ1v) is 6.55. The van der Waals surface area contributed by atoms with E-state index in [-0.39, 0.29) is 21.7 Å². The number of rotatable bonds is 3. The van der Waals surface area contributed by atoms with Crippen molar-refractivity contribution in [2.45, 2.75) is 11.5 Å². The highest BCUT2D eigenvalue weighted by Gasteiger charge is 2.19. The molecule has 0 saturated carbocycles. The van der Waals surface area contributed by atoms with Crippen LogP contribution in [0.1, 0.15) is 0 Å². The second kappa shape index (κ2) is 4.11. The molecule has 1 N–H and O–H groups in total. The molecule has 2 rings (SSSR count). The summed E-state index contributed by atoms with van der Waals surface area (Å²) >= 11 is 0. The molecule has 0 saturated heterocycles. The summed E-state index contributed by atoms with van der Waals surface area (Å²) in [4.78, 5) is 5.95. The molecule has 0 bridgehead atoms. The lowest BCUT2D eigenvalue weighted by Crippen LogP contribution is -2.03. The van der Waals surface area contributed by atoms with Gasteiger partial charge in [-0.15, -0.1) is 0 Å². The minimum Gasteiger partial charge on any atom is -0.435 e. The summed E-state index contributed by atoms with van der Waals surface area (Å²) in [5.74, 6) is -0.309. The predicted molar refractivity (Wildman–Crippen MR) is 55.8 cm³/mol. The van der Waals surface area contributed by atoms with Gasteiger partial charge in [-0.25, -0.2) is 13.4 Å². The van der Waals surface area contributed by atoms with Crippen LogP contribution in [0.3, 0.4) is 0 Å². The van der Waals surface area contributed by atoms with E-state index in [4.69, 9.17) is 10.7 Å². The van der Waals surface area contributed by atoms with Gasteiger partial charge in [0, 0.05) is 22.8 Å². The molecular weight excluding hydrogens is 278 g/mol. The maximum Gasteiger partial charge on any atom is 0.387 e. The molecule has 9 heteroatoms. The van der Waals surface area contributed by atoms with Crippen LogP contribution < -0.4 is 4.74 Å². The number of imidazole rings is 1. The van der Waals surface area contributed by atoms with E-state index >= 15 is 0 Å². The molecule has 0 unspecified atom stereocenters.